The second kappa shape index (κ2) is 6.50. The van der Waals surface area contributed by atoms with Crippen molar-refractivity contribution < 1.29 is 0 Å². The van der Waals surface area contributed by atoms with Gasteiger partial charge in [-0.25, -0.2) is 0 Å². The van der Waals surface area contributed by atoms with Gasteiger partial charge >= 0.3 is 0 Å². The maximum absolute atomic E-state index is 2.49. The highest BCUT2D eigenvalue weighted by Gasteiger charge is 2.41. The molecule has 1 radical (unpaired) electrons. The van der Waals surface area contributed by atoms with E-state index in [0.717, 1.165) is 0 Å². The molecule has 1 rings (SSSR count). The Hall–Kier alpha value is -0.975. The minimum Gasteiger partial charge on any atom is -0.0674 e. The smallest absolute Gasteiger partial charge is 0.0674 e. The lowest BCUT2D eigenvalue weighted by Gasteiger charge is -2.46. The SMILES string of the molecule is CC(C)(C)[B]C(C)(C)C(C)(C)C1=CC=CC(C(C)(C)C)=CC=C1. The molecule has 1 aliphatic rings. The zero-order valence-corrected chi connectivity index (χ0v) is 17.0. The van der Waals surface area contributed by atoms with Gasteiger partial charge in [-0.3, -0.25) is 0 Å². The van der Waals surface area contributed by atoms with Crippen molar-refractivity contribution in [1.29, 1.82) is 0 Å². The summed E-state index contributed by atoms with van der Waals surface area (Å²) in [7, 11) is 2.49. The molecule has 1 heteroatoms. The van der Waals surface area contributed by atoms with Gasteiger partial charge < -0.3 is 0 Å². The van der Waals surface area contributed by atoms with Gasteiger partial charge in [-0.2, -0.15) is 0 Å². The molecule has 0 aromatic heterocycles. The Morgan fingerprint density at radius 3 is 1.52 bits per heavy atom. The summed E-state index contributed by atoms with van der Waals surface area (Å²) in [6.07, 6.45) is 13.5. The van der Waals surface area contributed by atoms with E-state index in [1.54, 1.807) is 0 Å². The Morgan fingerprint density at radius 2 is 1.09 bits per heavy atom. The van der Waals surface area contributed by atoms with Crippen LogP contribution in [0.25, 0.3) is 0 Å². The lowest BCUT2D eigenvalue weighted by molar-refractivity contribution is 0.326. The molecule has 0 aromatic carbocycles. The third-order valence-corrected chi connectivity index (χ3v) is 5.10. The molecule has 0 unspecified atom stereocenters. The average molecular weight is 311 g/mol. The number of rotatable bonds is 3. The van der Waals surface area contributed by atoms with Crippen LogP contribution < -0.4 is 0 Å². The van der Waals surface area contributed by atoms with Crippen LogP contribution in [-0.4, -0.2) is 7.28 Å². The topological polar surface area (TPSA) is 0 Å². The molecule has 23 heavy (non-hydrogen) atoms. The van der Waals surface area contributed by atoms with Crippen molar-refractivity contribution in [2.24, 2.45) is 10.8 Å². The van der Waals surface area contributed by atoms with Gasteiger partial charge in [0.25, 0.3) is 0 Å². The van der Waals surface area contributed by atoms with Crippen LogP contribution in [-0.2, 0) is 0 Å². The lowest BCUT2D eigenvalue weighted by Crippen LogP contribution is -2.36. The van der Waals surface area contributed by atoms with Crippen molar-refractivity contribution in [3.63, 3.8) is 0 Å². The molecule has 0 atom stereocenters. The summed E-state index contributed by atoms with van der Waals surface area (Å²) in [5.74, 6) is 0. The van der Waals surface area contributed by atoms with Crippen molar-refractivity contribution >= 4 is 7.28 Å². The molecule has 0 aromatic rings. The van der Waals surface area contributed by atoms with Crippen LogP contribution in [0.4, 0.5) is 0 Å². The van der Waals surface area contributed by atoms with Crippen molar-refractivity contribution in [3.8, 4) is 0 Å². The first kappa shape index (κ1) is 20.1. The van der Waals surface area contributed by atoms with Crippen molar-refractivity contribution in [2.75, 3.05) is 0 Å². The fourth-order valence-corrected chi connectivity index (χ4v) is 3.17. The number of allylic oxidation sites excluding steroid dienone is 8. The molecule has 0 aliphatic heterocycles. The molecule has 0 amide bonds. The average Bonchev–Trinajstić information content (AvgIpc) is 2.21. The highest BCUT2D eigenvalue weighted by Crippen LogP contribution is 2.53. The van der Waals surface area contributed by atoms with Crippen LogP contribution >= 0.6 is 0 Å². The van der Waals surface area contributed by atoms with E-state index in [1.165, 1.54) is 11.1 Å². The van der Waals surface area contributed by atoms with Crippen LogP contribution in [0.5, 0.6) is 0 Å². The summed E-state index contributed by atoms with van der Waals surface area (Å²) in [6, 6.07) is 0. The predicted molar refractivity (Wildman–Crippen MR) is 107 cm³/mol. The Labute approximate surface area is 146 Å². The van der Waals surface area contributed by atoms with Gasteiger partial charge in [-0.1, -0.05) is 116 Å². The second-order valence-electron chi connectivity index (χ2n) is 10.1. The minimum absolute atomic E-state index is 0.0637. The molecule has 0 saturated carbocycles. The normalized spacial score (nSPS) is 17.3. The maximum atomic E-state index is 2.49. The fraction of sp³-hybridized carbons (Fsp3) is 0.636. The summed E-state index contributed by atoms with van der Waals surface area (Å²) in [6.45, 7) is 23.0. The van der Waals surface area contributed by atoms with Crippen LogP contribution in [0.1, 0.15) is 69.2 Å². The lowest BCUT2D eigenvalue weighted by atomic mass is 9.34. The van der Waals surface area contributed by atoms with Gasteiger partial charge in [0.05, 0.1) is 0 Å². The second-order valence-corrected chi connectivity index (χ2v) is 10.1. The fourth-order valence-electron chi connectivity index (χ4n) is 3.17. The summed E-state index contributed by atoms with van der Waals surface area (Å²) in [5.41, 5.74) is 2.99. The molecule has 0 nitrogen and oxygen atoms in total. The number of hydrogen-bond donors (Lipinski definition) is 0. The van der Waals surface area contributed by atoms with E-state index in [-0.39, 0.29) is 21.5 Å². The number of hydrogen-bond acceptors (Lipinski definition) is 0. The van der Waals surface area contributed by atoms with Gasteiger partial charge in [0.2, 0.25) is 0 Å². The molecule has 1 aliphatic carbocycles. The highest BCUT2D eigenvalue weighted by atomic mass is 14.4. The molecular formula is C22H36B. The first-order chi connectivity index (χ1) is 10.2. The molecule has 0 heterocycles. The van der Waals surface area contributed by atoms with Gasteiger partial charge in [-0.15, -0.1) is 0 Å². The van der Waals surface area contributed by atoms with Crippen LogP contribution in [0.2, 0.25) is 10.6 Å². The maximum Gasteiger partial charge on any atom is 0.125 e. The van der Waals surface area contributed by atoms with Crippen LogP contribution in [0.15, 0.2) is 47.6 Å². The Kier molecular flexibility index (Phi) is 5.67. The van der Waals surface area contributed by atoms with E-state index < -0.39 is 0 Å². The summed E-state index contributed by atoms with van der Waals surface area (Å²) in [5, 5.41) is 0.312. The monoisotopic (exact) mass is 311 g/mol. The zero-order chi connectivity index (χ0) is 18.1. The third-order valence-electron chi connectivity index (χ3n) is 5.10. The molecule has 0 spiro atoms. The van der Waals surface area contributed by atoms with Gasteiger partial charge in [0.1, 0.15) is 7.28 Å². The third kappa shape index (κ3) is 5.26. The Balaban J connectivity index is 3.12. The Morgan fingerprint density at radius 1 is 0.652 bits per heavy atom. The first-order valence-electron chi connectivity index (χ1n) is 8.82. The highest BCUT2D eigenvalue weighted by molar-refractivity contribution is 6.44. The van der Waals surface area contributed by atoms with Crippen molar-refractivity contribution in [1.82, 2.24) is 0 Å². The molecule has 0 bridgehead atoms. The Bertz CT molecular complexity index is 538. The van der Waals surface area contributed by atoms with E-state index in [9.17, 15) is 0 Å². The largest absolute Gasteiger partial charge is 0.125 e. The van der Waals surface area contributed by atoms with E-state index in [1.807, 2.05) is 0 Å². The van der Waals surface area contributed by atoms with Crippen LogP contribution in [0.3, 0.4) is 0 Å². The molecule has 0 fully saturated rings. The van der Waals surface area contributed by atoms with Gasteiger partial charge in [0.15, 0.2) is 0 Å². The van der Waals surface area contributed by atoms with E-state index >= 15 is 0 Å². The van der Waals surface area contributed by atoms with Gasteiger partial charge in [0, 0.05) is 0 Å². The van der Waals surface area contributed by atoms with E-state index in [4.69, 9.17) is 0 Å². The van der Waals surface area contributed by atoms with Gasteiger partial charge in [-0.05, 0) is 22.0 Å². The molecule has 0 N–H and O–H groups in total. The summed E-state index contributed by atoms with van der Waals surface area (Å²) < 4.78 is 0. The molecule has 127 valence electrons. The summed E-state index contributed by atoms with van der Waals surface area (Å²) >= 11 is 0. The van der Waals surface area contributed by atoms with E-state index in [2.05, 4.69) is 113 Å². The minimum atomic E-state index is 0.0637. The quantitative estimate of drug-likeness (QED) is 0.485. The molecular weight excluding hydrogens is 275 g/mol. The van der Waals surface area contributed by atoms with Crippen molar-refractivity contribution in [2.45, 2.75) is 79.9 Å². The first-order valence-corrected chi connectivity index (χ1v) is 8.82. The predicted octanol–water partition coefficient (Wildman–Crippen LogP) is 7.16. The summed E-state index contributed by atoms with van der Waals surface area (Å²) in [4.78, 5) is 0. The molecule has 0 saturated heterocycles. The zero-order valence-electron chi connectivity index (χ0n) is 17.0. The van der Waals surface area contributed by atoms with Crippen molar-refractivity contribution in [3.05, 3.63) is 47.6 Å². The van der Waals surface area contributed by atoms with E-state index in [0.29, 0.717) is 0 Å². The standard InChI is InChI=1S/C22H36B/c1-19(2,3)17-13-11-15-18(16-12-14-17)21(7,8)22(9,10)23-20(4,5)6/h11-16H,1-10H3. The van der Waals surface area contributed by atoms with Crippen LogP contribution in [0, 0.1) is 10.8 Å².